The fraction of sp³-hybridized carbons (Fsp3) is 0.667. The Balaban J connectivity index is 1.69. The van der Waals surface area contributed by atoms with Gasteiger partial charge in [0.1, 0.15) is 12.0 Å². The molecule has 1 saturated carbocycles. The molecule has 0 atom stereocenters. The van der Waals surface area contributed by atoms with Gasteiger partial charge in [0, 0.05) is 22.0 Å². The lowest BCUT2D eigenvalue weighted by molar-refractivity contribution is 0.244. The lowest BCUT2D eigenvalue weighted by atomic mass is 9.81. The molecule has 1 fully saturated rings. The molecule has 6 heteroatoms. The molecule has 4 nitrogen and oxygen atoms in total. The van der Waals surface area contributed by atoms with Crippen molar-refractivity contribution in [2.45, 2.75) is 70.1 Å². The van der Waals surface area contributed by atoms with Gasteiger partial charge in [-0.1, -0.05) is 13.8 Å². The van der Waals surface area contributed by atoms with Crippen molar-refractivity contribution >= 4 is 41.9 Å². The van der Waals surface area contributed by atoms with Gasteiger partial charge in [0.25, 0.3) is 0 Å². The first-order valence-corrected chi connectivity index (χ1v) is 12.9. The SMILES string of the molecule is CC(C)(C[C@H]1CC[C@H](n2cc(I)c3cncnc32)CC1)[Si](C)(C)O. The summed E-state index contributed by atoms with van der Waals surface area (Å²) >= 11 is 2.38. The number of aromatic nitrogens is 3. The van der Waals surface area contributed by atoms with E-state index in [0.29, 0.717) is 6.04 Å². The Kier molecular flexibility index (Phi) is 5.10. The summed E-state index contributed by atoms with van der Waals surface area (Å²) in [6.45, 7) is 8.66. The van der Waals surface area contributed by atoms with Gasteiger partial charge in [0.2, 0.25) is 0 Å². The third-order valence-electron chi connectivity index (χ3n) is 6.11. The van der Waals surface area contributed by atoms with Crippen LogP contribution in [0.25, 0.3) is 11.0 Å². The van der Waals surface area contributed by atoms with Gasteiger partial charge in [0.15, 0.2) is 8.32 Å². The summed E-state index contributed by atoms with van der Waals surface area (Å²) in [5.74, 6) is 0.741. The standard InChI is InChI=1S/C18H28IN3OSi/c1-18(2,24(3,4)23)9-13-5-7-14(8-6-13)22-11-16(19)15-10-20-12-21-17(15)22/h10-14,23H,5-9H2,1-4H3/t13-,14-. The van der Waals surface area contributed by atoms with Crippen LogP contribution in [0.2, 0.25) is 18.1 Å². The average molecular weight is 457 g/mol. The van der Waals surface area contributed by atoms with Crippen molar-refractivity contribution < 1.29 is 4.80 Å². The summed E-state index contributed by atoms with van der Waals surface area (Å²) < 4.78 is 3.60. The summed E-state index contributed by atoms with van der Waals surface area (Å²) in [6, 6.07) is 0.546. The van der Waals surface area contributed by atoms with Crippen LogP contribution in [0.3, 0.4) is 0 Å². The van der Waals surface area contributed by atoms with E-state index in [1.807, 2.05) is 6.20 Å². The topological polar surface area (TPSA) is 50.9 Å². The Morgan fingerprint density at radius 2 is 1.96 bits per heavy atom. The van der Waals surface area contributed by atoms with Gasteiger partial charge in [-0.05, 0) is 78.7 Å². The highest BCUT2D eigenvalue weighted by atomic mass is 127. The van der Waals surface area contributed by atoms with Gasteiger partial charge in [-0.25, -0.2) is 9.97 Å². The predicted octanol–water partition coefficient (Wildman–Crippen LogP) is 5.13. The molecule has 0 spiro atoms. The van der Waals surface area contributed by atoms with E-state index in [1.165, 1.54) is 29.3 Å². The number of hydrogen-bond donors (Lipinski definition) is 1. The minimum absolute atomic E-state index is 0.0905. The minimum atomic E-state index is -2.11. The molecule has 2 aromatic heterocycles. The van der Waals surface area contributed by atoms with Crippen molar-refractivity contribution in [3.63, 3.8) is 0 Å². The summed E-state index contributed by atoms with van der Waals surface area (Å²) in [5, 5.41) is 1.25. The maximum Gasteiger partial charge on any atom is 0.188 e. The summed E-state index contributed by atoms with van der Waals surface area (Å²) in [4.78, 5) is 19.2. The van der Waals surface area contributed by atoms with Crippen LogP contribution in [0.4, 0.5) is 0 Å². The van der Waals surface area contributed by atoms with Crippen molar-refractivity contribution in [3.05, 3.63) is 22.3 Å². The first-order chi connectivity index (χ1) is 11.2. The Hall–Kier alpha value is -0.473. The molecule has 1 aliphatic rings. The second-order valence-electron chi connectivity index (χ2n) is 8.47. The molecule has 0 radical (unpaired) electrons. The molecule has 3 rings (SSSR count). The maximum absolute atomic E-state index is 10.5. The molecule has 0 aromatic carbocycles. The zero-order valence-corrected chi connectivity index (χ0v) is 18.2. The lowest BCUT2D eigenvalue weighted by Crippen LogP contribution is -2.40. The van der Waals surface area contributed by atoms with Crippen LogP contribution < -0.4 is 0 Å². The highest BCUT2D eigenvalue weighted by molar-refractivity contribution is 14.1. The quantitative estimate of drug-likeness (QED) is 0.511. The molecule has 24 heavy (non-hydrogen) atoms. The molecule has 0 amide bonds. The molecule has 1 aliphatic carbocycles. The molecular weight excluding hydrogens is 429 g/mol. The largest absolute Gasteiger partial charge is 0.432 e. The lowest BCUT2D eigenvalue weighted by Gasteiger charge is -2.40. The number of rotatable bonds is 4. The van der Waals surface area contributed by atoms with Crippen molar-refractivity contribution in [1.29, 1.82) is 0 Å². The van der Waals surface area contributed by atoms with E-state index in [-0.39, 0.29) is 5.04 Å². The van der Waals surface area contributed by atoms with Crippen LogP contribution >= 0.6 is 22.6 Å². The highest BCUT2D eigenvalue weighted by Gasteiger charge is 2.40. The van der Waals surface area contributed by atoms with Gasteiger partial charge >= 0.3 is 0 Å². The second-order valence-corrected chi connectivity index (χ2v) is 14.1. The van der Waals surface area contributed by atoms with E-state index in [9.17, 15) is 4.80 Å². The van der Waals surface area contributed by atoms with E-state index in [1.54, 1.807) is 6.33 Å². The van der Waals surface area contributed by atoms with Gasteiger partial charge in [-0.15, -0.1) is 0 Å². The van der Waals surface area contributed by atoms with Crippen LogP contribution in [-0.2, 0) is 0 Å². The fourth-order valence-electron chi connectivity index (χ4n) is 3.83. The van der Waals surface area contributed by atoms with Gasteiger partial charge < -0.3 is 9.36 Å². The van der Waals surface area contributed by atoms with E-state index in [2.05, 4.69) is 70.3 Å². The Morgan fingerprint density at radius 3 is 2.58 bits per heavy atom. The molecule has 0 saturated heterocycles. The van der Waals surface area contributed by atoms with E-state index >= 15 is 0 Å². The molecule has 2 aromatic rings. The molecule has 0 unspecified atom stereocenters. The normalized spacial score (nSPS) is 22.9. The third-order valence-corrected chi connectivity index (χ3v) is 10.5. The van der Waals surface area contributed by atoms with Crippen LogP contribution in [-0.4, -0.2) is 27.6 Å². The first kappa shape index (κ1) is 18.3. The zero-order chi connectivity index (χ0) is 17.5. The number of hydrogen-bond acceptors (Lipinski definition) is 3. The predicted molar refractivity (Wildman–Crippen MR) is 110 cm³/mol. The molecule has 0 bridgehead atoms. The van der Waals surface area contributed by atoms with E-state index in [4.69, 9.17) is 0 Å². The molecule has 1 N–H and O–H groups in total. The van der Waals surface area contributed by atoms with Crippen molar-refractivity contribution in [1.82, 2.24) is 14.5 Å². The maximum atomic E-state index is 10.5. The molecule has 132 valence electrons. The molecule has 2 heterocycles. The van der Waals surface area contributed by atoms with Crippen LogP contribution in [0.15, 0.2) is 18.7 Å². The van der Waals surface area contributed by atoms with Crippen LogP contribution in [0, 0.1) is 9.49 Å². The summed E-state index contributed by atoms with van der Waals surface area (Å²) in [5.41, 5.74) is 1.07. The summed E-state index contributed by atoms with van der Waals surface area (Å²) in [7, 11) is -2.11. The number of fused-ring (bicyclic) bond motifs is 1. The average Bonchev–Trinajstić information content (AvgIpc) is 2.84. The van der Waals surface area contributed by atoms with E-state index < -0.39 is 8.32 Å². The van der Waals surface area contributed by atoms with Crippen molar-refractivity contribution in [3.8, 4) is 0 Å². The smallest absolute Gasteiger partial charge is 0.188 e. The Morgan fingerprint density at radius 1 is 1.29 bits per heavy atom. The third kappa shape index (κ3) is 3.55. The summed E-state index contributed by atoms with van der Waals surface area (Å²) in [6.07, 6.45) is 11.9. The number of halogens is 1. The monoisotopic (exact) mass is 457 g/mol. The van der Waals surface area contributed by atoms with Crippen LogP contribution in [0.5, 0.6) is 0 Å². The van der Waals surface area contributed by atoms with Gasteiger partial charge in [-0.2, -0.15) is 0 Å². The Bertz CT molecular complexity index is 715. The fourth-order valence-corrected chi connectivity index (χ4v) is 5.30. The van der Waals surface area contributed by atoms with Crippen LogP contribution in [0.1, 0.15) is 52.0 Å². The molecular formula is C18H28IN3OSi. The van der Waals surface area contributed by atoms with Crippen molar-refractivity contribution in [2.24, 2.45) is 5.92 Å². The Labute approximate surface area is 159 Å². The van der Waals surface area contributed by atoms with Gasteiger partial charge in [0.05, 0.1) is 5.39 Å². The minimum Gasteiger partial charge on any atom is -0.432 e. The first-order valence-electron chi connectivity index (χ1n) is 8.87. The van der Waals surface area contributed by atoms with E-state index in [0.717, 1.165) is 23.4 Å². The second kappa shape index (κ2) is 6.68. The van der Waals surface area contributed by atoms with Crippen molar-refractivity contribution in [2.75, 3.05) is 0 Å². The number of nitrogens with zero attached hydrogens (tertiary/aromatic N) is 3. The molecule has 0 aliphatic heterocycles. The highest BCUT2D eigenvalue weighted by Crippen LogP contribution is 2.46. The van der Waals surface area contributed by atoms with Gasteiger partial charge in [-0.3, -0.25) is 0 Å². The zero-order valence-electron chi connectivity index (χ0n) is 15.1.